The lowest BCUT2D eigenvalue weighted by molar-refractivity contribution is -0.139. The number of aromatic nitrogens is 2. The predicted molar refractivity (Wildman–Crippen MR) is 72.3 cm³/mol. The summed E-state index contributed by atoms with van der Waals surface area (Å²) in [7, 11) is 0. The lowest BCUT2D eigenvalue weighted by Crippen LogP contribution is -2.43. The molecule has 0 unspecified atom stereocenters. The number of rotatable bonds is 6. The average Bonchev–Trinajstić information content (AvgIpc) is 2.75. The first-order chi connectivity index (χ1) is 8.92. The monoisotopic (exact) mass is 286 g/mol. The molecule has 0 spiro atoms. The van der Waals surface area contributed by atoms with Crippen LogP contribution in [0, 0.1) is 5.92 Å². The van der Waals surface area contributed by atoms with Gasteiger partial charge in [0.05, 0.1) is 0 Å². The summed E-state index contributed by atoms with van der Waals surface area (Å²) in [5.41, 5.74) is 0. The molecule has 0 aromatic carbocycles. The molecule has 1 aromatic rings. The van der Waals surface area contributed by atoms with Crippen LogP contribution < -0.4 is 10.6 Å². The molecule has 0 aliphatic carbocycles. The molecule has 0 saturated heterocycles. The number of nitrogens with one attached hydrogen (secondary N) is 2. The van der Waals surface area contributed by atoms with Crippen LogP contribution in [-0.4, -0.2) is 33.3 Å². The van der Waals surface area contributed by atoms with Crippen LogP contribution in [-0.2, 0) is 11.2 Å². The number of carboxylic acids is 1. The molecular formula is C11H18N4O3S. The van der Waals surface area contributed by atoms with E-state index < -0.39 is 18.0 Å². The molecule has 1 heterocycles. The second kappa shape index (κ2) is 7.03. The number of amides is 2. The molecule has 1 atom stereocenters. The Morgan fingerprint density at radius 2 is 2.05 bits per heavy atom. The predicted octanol–water partition coefficient (Wildman–Crippen LogP) is 1.72. The molecule has 0 bridgehead atoms. The number of urea groups is 1. The molecule has 106 valence electrons. The van der Waals surface area contributed by atoms with E-state index in [1.807, 2.05) is 20.8 Å². The minimum Gasteiger partial charge on any atom is -0.480 e. The number of aliphatic carboxylic acids is 1. The smallest absolute Gasteiger partial charge is 0.326 e. The second-order valence-electron chi connectivity index (χ2n) is 4.47. The largest absolute Gasteiger partial charge is 0.480 e. The number of anilines is 1. The fraction of sp³-hybridized carbons (Fsp3) is 0.636. The van der Waals surface area contributed by atoms with Crippen molar-refractivity contribution in [2.24, 2.45) is 5.92 Å². The van der Waals surface area contributed by atoms with Gasteiger partial charge in [-0.15, -0.1) is 10.2 Å². The summed E-state index contributed by atoms with van der Waals surface area (Å²) >= 11 is 1.27. The van der Waals surface area contributed by atoms with E-state index in [9.17, 15) is 9.59 Å². The van der Waals surface area contributed by atoms with Crippen LogP contribution in [0.1, 0.15) is 32.2 Å². The average molecular weight is 286 g/mol. The molecule has 2 amide bonds. The normalized spacial score (nSPS) is 12.2. The summed E-state index contributed by atoms with van der Waals surface area (Å²) < 4.78 is 0. The summed E-state index contributed by atoms with van der Waals surface area (Å²) in [6, 6.07) is -1.48. The minimum absolute atomic E-state index is 0.176. The number of aryl methyl sites for hydroxylation is 1. The molecule has 3 N–H and O–H groups in total. The van der Waals surface area contributed by atoms with Crippen molar-refractivity contribution in [1.29, 1.82) is 0 Å². The Morgan fingerprint density at radius 3 is 2.53 bits per heavy atom. The first-order valence-electron chi connectivity index (χ1n) is 6.05. The first kappa shape index (κ1) is 15.4. The van der Waals surface area contributed by atoms with Gasteiger partial charge in [-0.2, -0.15) is 0 Å². The van der Waals surface area contributed by atoms with E-state index >= 15 is 0 Å². The molecule has 8 heteroatoms. The van der Waals surface area contributed by atoms with Gasteiger partial charge in [0, 0.05) is 0 Å². The van der Waals surface area contributed by atoms with Crippen LogP contribution in [0.5, 0.6) is 0 Å². The number of carbonyl (C=O) groups excluding carboxylic acids is 1. The highest BCUT2D eigenvalue weighted by molar-refractivity contribution is 7.15. The van der Waals surface area contributed by atoms with E-state index in [-0.39, 0.29) is 5.92 Å². The van der Waals surface area contributed by atoms with Gasteiger partial charge in [-0.05, 0) is 18.8 Å². The van der Waals surface area contributed by atoms with Crippen LogP contribution >= 0.6 is 11.3 Å². The maximum atomic E-state index is 11.7. The topological polar surface area (TPSA) is 104 Å². The number of nitrogens with zero attached hydrogens (tertiary/aromatic N) is 2. The van der Waals surface area contributed by atoms with Crippen LogP contribution in [0.4, 0.5) is 9.93 Å². The molecule has 1 rings (SSSR count). The Labute approximate surface area is 115 Å². The lowest BCUT2D eigenvalue weighted by atomic mass is 10.0. The highest BCUT2D eigenvalue weighted by Crippen LogP contribution is 2.15. The van der Waals surface area contributed by atoms with Crippen LogP contribution in [0.2, 0.25) is 0 Å². The van der Waals surface area contributed by atoms with Crippen molar-refractivity contribution in [2.75, 3.05) is 5.32 Å². The Morgan fingerprint density at radius 1 is 1.37 bits per heavy atom. The summed E-state index contributed by atoms with van der Waals surface area (Å²) in [5, 5.41) is 22.7. The molecule has 0 aliphatic rings. The molecule has 0 aliphatic heterocycles. The summed E-state index contributed by atoms with van der Waals surface area (Å²) in [6.45, 7) is 5.73. The second-order valence-corrected chi connectivity index (χ2v) is 5.54. The third-order valence-electron chi connectivity index (χ3n) is 2.30. The van der Waals surface area contributed by atoms with Crippen LogP contribution in [0.3, 0.4) is 0 Å². The SMILES string of the molecule is CCc1nnc(NC(=O)N[C@@H](CC(C)C)C(=O)O)s1. The van der Waals surface area contributed by atoms with Gasteiger partial charge in [-0.1, -0.05) is 32.1 Å². The molecule has 19 heavy (non-hydrogen) atoms. The van der Waals surface area contributed by atoms with E-state index in [2.05, 4.69) is 20.8 Å². The highest BCUT2D eigenvalue weighted by atomic mass is 32.1. The third kappa shape index (κ3) is 5.21. The number of hydrogen-bond donors (Lipinski definition) is 3. The summed E-state index contributed by atoms with van der Waals surface area (Å²) in [5.74, 6) is -0.870. The molecular weight excluding hydrogens is 268 g/mol. The molecule has 1 aromatic heterocycles. The van der Waals surface area contributed by atoms with Crippen molar-refractivity contribution in [1.82, 2.24) is 15.5 Å². The Bertz CT molecular complexity index is 447. The van der Waals surface area contributed by atoms with E-state index in [4.69, 9.17) is 5.11 Å². The summed E-state index contributed by atoms with van der Waals surface area (Å²) in [4.78, 5) is 22.7. The molecule has 0 saturated carbocycles. The van der Waals surface area contributed by atoms with Crippen molar-refractivity contribution in [3.63, 3.8) is 0 Å². The van der Waals surface area contributed by atoms with Gasteiger partial charge in [0.25, 0.3) is 0 Å². The van der Waals surface area contributed by atoms with Gasteiger partial charge >= 0.3 is 12.0 Å². The quantitative estimate of drug-likeness (QED) is 0.738. The zero-order valence-corrected chi connectivity index (χ0v) is 12.0. The third-order valence-corrected chi connectivity index (χ3v) is 3.28. The summed E-state index contributed by atoms with van der Waals surface area (Å²) in [6.07, 6.45) is 1.12. The maximum Gasteiger partial charge on any atom is 0.326 e. The van der Waals surface area contributed by atoms with Crippen molar-refractivity contribution in [2.45, 2.75) is 39.7 Å². The zero-order chi connectivity index (χ0) is 14.4. The van der Waals surface area contributed by atoms with Crippen molar-refractivity contribution in [3.05, 3.63) is 5.01 Å². The van der Waals surface area contributed by atoms with Crippen LogP contribution in [0.25, 0.3) is 0 Å². The van der Waals surface area contributed by atoms with E-state index in [0.29, 0.717) is 11.6 Å². The zero-order valence-electron chi connectivity index (χ0n) is 11.1. The van der Waals surface area contributed by atoms with Gasteiger partial charge in [-0.3, -0.25) is 5.32 Å². The van der Waals surface area contributed by atoms with Gasteiger partial charge < -0.3 is 10.4 Å². The van der Waals surface area contributed by atoms with Gasteiger partial charge in [0.15, 0.2) is 0 Å². The van der Waals surface area contributed by atoms with Crippen molar-refractivity contribution < 1.29 is 14.7 Å². The Hall–Kier alpha value is -1.70. The fourth-order valence-electron chi connectivity index (χ4n) is 1.43. The van der Waals surface area contributed by atoms with E-state index in [1.165, 1.54) is 11.3 Å². The minimum atomic E-state index is -1.05. The van der Waals surface area contributed by atoms with Gasteiger partial charge in [-0.25, -0.2) is 9.59 Å². The van der Waals surface area contributed by atoms with Crippen molar-refractivity contribution >= 4 is 28.5 Å². The lowest BCUT2D eigenvalue weighted by Gasteiger charge is -2.16. The Balaban J connectivity index is 2.54. The number of hydrogen-bond acceptors (Lipinski definition) is 5. The molecule has 0 fully saturated rings. The highest BCUT2D eigenvalue weighted by Gasteiger charge is 2.21. The standard InChI is InChI=1S/C11H18N4O3S/c1-4-8-14-15-11(19-8)13-10(18)12-7(9(16)17)5-6(2)3/h6-7H,4-5H2,1-3H3,(H,16,17)(H2,12,13,15,18)/t7-/m0/s1. The van der Waals surface area contributed by atoms with Crippen LogP contribution in [0.15, 0.2) is 0 Å². The fourth-order valence-corrected chi connectivity index (χ4v) is 2.11. The first-order valence-corrected chi connectivity index (χ1v) is 6.86. The molecule has 7 nitrogen and oxygen atoms in total. The van der Waals surface area contributed by atoms with Gasteiger partial charge in [0.2, 0.25) is 5.13 Å². The number of carbonyl (C=O) groups is 2. The van der Waals surface area contributed by atoms with E-state index in [1.54, 1.807) is 0 Å². The number of carboxylic acid groups (broad SMARTS) is 1. The maximum absolute atomic E-state index is 11.7. The molecule has 0 radical (unpaired) electrons. The van der Waals surface area contributed by atoms with Gasteiger partial charge in [0.1, 0.15) is 11.0 Å². The van der Waals surface area contributed by atoms with E-state index in [0.717, 1.165) is 11.4 Å². The van der Waals surface area contributed by atoms with Crippen molar-refractivity contribution in [3.8, 4) is 0 Å². The Kier molecular flexibility index (Phi) is 5.68.